The van der Waals surface area contributed by atoms with E-state index >= 15 is 0 Å². The molecular formula is C19H24N4O3S. The van der Waals surface area contributed by atoms with Gasteiger partial charge in [0.1, 0.15) is 0 Å². The molecule has 0 unspecified atom stereocenters. The lowest BCUT2D eigenvalue weighted by molar-refractivity contribution is -0.139. The summed E-state index contributed by atoms with van der Waals surface area (Å²) in [5.41, 5.74) is 4.80. The van der Waals surface area contributed by atoms with Crippen molar-refractivity contribution in [2.75, 3.05) is 26.7 Å². The van der Waals surface area contributed by atoms with E-state index in [-0.39, 0.29) is 18.0 Å². The first-order valence-electron chi connectivity index (χ1n) is 9.22. The van der Waals surface area contributed by atoms with Gasteiger partial charge in [0, 0.05) is 55.3 Å². The van der Waals surface area contributed by atoms with Gasteiger partial charge in [-0.15, -0.1) is 11.3 Å². The summed E-state index contributed by atoms with van der Waals surface area (Å²) in [6, 6.07) is 4.01. The van der Waals surface area contributed by atoms with Crippen molar-refractivity contribution >= 4 is 17.3 Å². The molecule has 2 atom stereocenters. The number of hydrogen-bond donors (Lipinski definition) is 1. The molecule has 2 aromatic rings. The quantitative estimate of drug-likeness (QED) is 0.807. The lowest BCUT2D eigenvalue weighted by Gasteiger charge is -2.42. The van der Waals surface area contributed by atoms with Crippen molar-refractivity contribution < 1.29 is 9.90 Å². The normalized spacial score (nSPS) is 22.0. The fraction of sp³-hybridized carbons (Fsp3) is 0.526. The Labute approximate surface area is 161 Å². The van der Waals surface area contributed by atoms with Gasteiger partial charge in [0.2, 0.25) is 0 Å². The SMILES string of the molecule is CN(Cc1cscn1)Cc1ccc2n(c1=O)C[C@H]1C[C@@H]2CN(CC(=O)O)C1. The minimum absolute atomic E-state index is 0.0801. The molecule has 1 N–H and O–H groups in total. The van der Waals surface area contributed by atoms with Crippen LogP contribution in [0.4, 0.5) is 0 Å². The molecule has 1 saturated heterocycles. The van der Waals surface area contributed by atoms with E-state index in [0.717, 1.165) is 36.5 Å². The van der Waals surface area contributed by atoms with Crippen molar-refractivity contribution in [3.05, 3.63) is 50.3 Å². The Bertz CT molecular complexity index is 880. The van der Waals surface area contributed by atoms with Crippen molar-refractivity contribution in [3.63, 3.8) is 0 Å². The molecule has 27 heavy (non-hydrogen) atoms. The summed E-state index contributed by atoms with van der Waals surface area (Å²) in [7, 11) is 2.00. The monoisotopic (exact) mass is 388 g/mol. The predicted octanol–water partition coefficient (Wildman–Crippen LogP) is 1.44. The van der Waals surface area contributed by atoms with Crippen LogP contribution >= 0.6 is 11.3 Å². The predicted molar refractivity (Wildman–Crippen MR) is 103 cm³/mol. The Kier molecular flexibility index (Phi) is 5.12. The number of likely N-dealkylation sites (tertiary alicyclic amines) is 1. The van der Waals surface area contributed by atoms with Gasteiger partial charge >= 0.3 is 5.97 Å². The third-order valence-corrected chi connectivity index (χ3v) is 6.11. The number of carbonyl (C=O) groups is 1. The molecule has 2 aliphatic heterocycles. The zero-order chi connectivity index (χ0) is 19.0. The molecule has 0 spiro atoms. The maximum absolute atomic E-state index is 13.1. The van der Waals surface area contributed by atoms with Gasteiger partial charge in [0.05, 0.1) is 17.7 Å². The summed E-state index contributed by atoms with van der Waals surface area (Å²) in [6.45, 7) is 3.55. The van der Waals surface area contributed by atoms with Gasteiger partial charge in [-0.25, -0.2) is 4.98 Å². The smallest absolute Gasteiger partial charge is 0.317 e. The average Bonchev–Trinajstić information content (AvgIpc) is 3.10. The summed E-state index contributed by atoms with van der Waals surface area (Å²) in [5, 5.41) is 11.1. The number of carboxylic acids is 1. The van der Waals surface area contributed by atoms with Crippen LogP contribution in [0, 0.1) is 5.92 Å². The summed E-state index contributed by atoms with van der Waals surface area (Å²) >= 11 is 1.58. The van der Waals surface area contributed by atoms with Crippen LogP contribution < -0.4 is 5.56 Å². The summed E-state index contributed by atoms with van der Waals surface area (Å²) < 4.78 is 1.93. The van der Waals surface area contributed by atoms with Crippen LogP contribution in [0.3, 0.4) is 0 Å². The number of aliphatic carboxylic acids is 1. The number of fused-ring (bicyclic) bond motifs is 4. The highest BCUT2D eigenvalue weighted by Crippen LogP contribution is 2.35. The fourth-order valence-corrected chi connectivity index (χ4v) is 5.02. The topological polar surface area (TPSA) is 78.7 Å². The van der Waals surface area contributed by atoms with Crippen molar-refractivity contribution in [2.45, 2.75) is 32.0 Å². The minimum Gasteiger partial charge on any atom is -0.480 e. The van der Waals surface area contributed by atoms with E-state index < -0.39 is 5.97 Å². The lowest BCUT2D eigenvalue weighted by atomic mass is 9.83. The largest absolute Gasteiger partial charge is 0.480 e. The van der Waals surface area contributed by atoms with Gasteiger partial charge in [-0.2, -0.15) is 0 Å². The van der Waals surface area contributed by atoms with Crippen molar-refractivity contribution in [1.82, 2.24) is 19.4 Å². The molecule has 0 radical (unpaired) electrons. The molecule has 2 aliphatic rings. The van der Waals surface area contributed by atoms with Crippen LogP contribution in [-0.2, 0) is 24.4 Å². The summed E-state index contributed by atoms with van der Waals surface area (Å²) in [4.78, 5) is 32.5. The number of nitrogens with zero attached hydrogens (tertiary/aromatic N) is 4. The fourth-order valence-electron chi connectivity index (χ4n) is 4.47. The van der Waals surface area contributed by atoms with Gasteiger partial charge in [-0.3, -0.25) is 19.4 Å². The van der Waals surface area contributed by atoms with E-state index in [4.69, 9.17) is 5.11 Å². The molecule has 2 bridgehead atoms. The van der Waals surface area contributed by atoms with Gasteiger partial charge in [-0.1, -0.05) is 6.07 Å². The number of hydrogen-bond acceptors (Lipinski definition) is 6. The van der Waals surface area contributed by atoms with Crippen molar-refractivity contribution in [2.24, 2.45) is 5.92 Å². The first-order valence-corrected chi connectivity index (χ1v) is 10.2. The van der Waals surface area contributed by atoms with Crippen LogP contribution in [0.25, 0.3) is 0 Å². The number of rotatable bonds is 6. The van der Waals surface area contributed by atoms with E-state index in [0.29, 0.717) is 25.6 Å². The minimum atomic E-state index is -0.786. The Hall–Kier alpha value is -2.03. The van der Waals surface area contributed by atoms with E-state index in [9.17, 15) is 9.59 Å². The highest BCUT2D eigenvalue weighted by atomic mass is 32.1. The second-order valence-electron chi connectivity index (χ2n) is 7.74. The van der Waals surface area contributed by atoms with Crippen LogP contribution in [0.15, 0.2) is 27.8 Å². The first kappa shape index (κ1) is 18.3. The number of pyridine rings is 1. The van der Waals surface area contributed by atoms with Crippen molar-refractivity contribution in [3.8, 4) is 0 Å². The molecular weight excluding hydrogens is 364 g/mol. The van der Waals surface area contributed by atoms with Gasteiger partial charge in [-0.05, 0) is 25.5 Å². The van der Waals surface area contributed by atoms with E-state index in [1.54, 1.807) is 11.3 Å². The van der Waals surface area contributed by atoms with Crippen LogP contribution in [0.2, 0.25) is 0 Å². The molecule has 2 aromatic heterocycles. The highest BCUT2D eigenvalue weighted by molar-refractivity contribution is 7.07. The Balaban J connectivity index is 1.52. The van der Waals surface area contributed by atoms with E-state index in [2.05, 4.69) is 16.0 Å². The third kappa shape index (κ3) is 3.97. The Morgan fingerprint density at radius 3 is 2.93 bits per heavy atom. The molecule has 8 heteroatoms. The molecule has 0 saturated carbocycles. The average molecular weight is 388 g/mol. The van der Waals surface area contributed by atoms with Gasteiger partial charge < -0.3 is 9.67 Å². The third-order valence-electron chi connectivity index (χ3n) is 5.47. The van der Waals surface area contributed by atoms with Crippen molar-refractivity contribution in [1.29, 1.82) is 0 Å². The second kappa shape index (κ2) is 7.53. The summed E-state index contributed by atoms with van der Waals surface area (Å²) in [6.07, 6.45) is 1.04. The molecule has 0 amide bonds. The van der Waals surface area contributed by atoms with Crippen LogP contribution in [0.5, 0.6) is 0 Å². The van der Waals surface area contributed by atoms with Crippen LogP contribution in [0.1, 0.15) is 29.3 Å². The Morgan fingerprint density at radius 1 is 1.33 bits per heavy atom. The maximum Gasteiger partial charge on any atom is 0.317 e. The summed E-state index contributed by atoms with van der Waals surface area (Å²) in [5.74, 6) is -0.200. The van der Waals surface area contributed by atoms with Gasteiger partial charge in [0.15, 0.2) is 0 Å². The van der Waals surface area contributed by atoms with Gasteiger partial charge in [0.25, 0.3) is 5.56 Å². The number of piperidine rings is 1. The Morgan fingerprint density at radius 2 is 2.19 bits per heavy atom. The lowest BCUT2D eigenvalue weighted by Crippen LogP contribution is -2.48. The number of aromatic nitrogens is 2. The zero-order valence-corrected chi connectivity index (χ0v) is 16.2. The second-order valence-corrected chi connectivity index (χ2v) is 8.46. The van der Waals surface area contributed by atoms with E-state index in [1.807, 2.05) is 33.5 Å². The number of thiazole rings is 1. The molecule has 1 fully saturated rings. The maximum atomic E-state index is 13.1. The standard InChI is InChI=1S/C19H24N4O3S/c1-21(9-16-11-27-12-20-16)7-14-2-3-17-15-4-13(6-23(17)19(14)26)5-22(8-15)10-18(24)25/h2-3,11-13,15H,4-10H2,1H3,(H,24,25)/t13-,15+/m0/s1. The molecule has 4 heterocycles. The van der Waals surface area contributed by atoms with Crippen LogP contribution in [-0.4, -0.2) is 57.1 Å². The molecule has 4 rings (SSSR count). The highest BCUT2D eigenvalue weighted by Gasteiger charge is 2.35. The zero-order valence-electron chi connectivity index (χ0n) is 15.4. The van der Waals surface area contributed by atoms with E-state index in [1.165, 1.54) is 0 Å². The number of carboxylic acid groups (broad SMARTS) is 1. The molecule has 144 valence electrons. The first-order chi connectivity index (χ1) is 13.0. The molecule has 0 aliphatic carbocycles. The molecule has 0 aromatic carbocycles. The molecule has 7 nitrogen and oxygen atoms in total.